The molecule has 1 aromatic carbocycles. The van der Waals surface area contributed by atoms with Crippen molar-refractivity contribution in [1.29, 1.82) is 0 Å². The first kappa shape index (κ1) is 14.9. The van der Waals surface area contributed by atoms with Gasteiger partial charge in [0.15, 0.2) is 0 Å². The van der Waals surface area contributed by atoms with Gasteiger partial charge in [0.2, 0.25) is 10.0 Å². The van der Waals surface area contributed by atoms with Crippen molar-refractivity contribution in [3.8, 4) is 0 Å². The van der Waals surface area contributed by atoms with Crippen molar-refractivity contribution < 1.29 is 13.2 Å². The predicted octanol–water partition coefficient (Wildman–Crippen LogP) is 0.535. The van der Waals surface area contributed by atoms with Crippen LogP contribution < -0.4 is 15.6 Å². The lowest BCUT2D eigenvalue weighted by Gasteiger charge is -2.06. The number of benzene rings is 1. The van der Waals surface area contributed by atoms with Crippen molar-refractivity contribution >= 4 is 21.6 Å². The molecule has 7 nitrogen and oxygen atoms in total. The van der Waals surface area contributed by atoms with E-state index in [0.717, 1.165) is 0 Å². The second-order valence-corrected chi connectivity index (χ2v) is 5.99. The molecule has 0 aliphatic heterocycles. The molecule has 0 spiro atoms. The molecule has 0 saturated carbocycles. The summed E-state index contributed by atoms with van der Waals surface area (Å²) in [7, 11) is -2.24. The van der Waals surface area contributed by atoms with Gasteiger partial charge in [-0.2, -0.15) is 0 Å². The van der Waals surface area contributed by atoms with Gasteiger partial charge in [-0.15, -0.1) is 0 Å². The maximum absolute atomic E-state index is 12.0. The van der Waals surface area contributed by atoms with Crippen LogP contribution in [-0.4, -0.2) is 26.4 Å². The average Bonchev–Trinajstić information content (AvgIpc) is 2.49. The number of carbonyl (C=O) groups is 1. The van der Waals surface area contributed by atoms with E-state index in [1.807, 2.05) is 0 Å². The van der Waals surface area contributed by atoms with E-state index >= 15 is 0 Å². The number of nitrogens with one attached hydrogen (secondary N) is 3. The van der Waals surface area contributed by atoms with Gasteiger partial charge < -0.3 is 10.3 Å². The number of anilines is 1. The van der Waals surface area contributed by atoms with Crippen LogP contribution in [0.3, 0.4) is 0 Å². The van der Waals surface area contributed by atoms with Crippen molar-refractivity contribution in [3.63, 3.8) is 0 Å². The number of pyridine rings is 1. The van der Waals surface area contributed by atoms with Gasteiger partial charge in [-0.25, -0.2) is 13.1 Å². The number of amides is 1. The van der Waals surface area contributed by atoms with Gasteiger partial charge in [-0.05, 0) is 43.4 Å². The first-order valence-corrected chi connectivity index (χ1v) is 7.45. The highest BCUT2D eigenvalue weighted by Crippen LogP contribution is 2.11. The summed E-state index contributed by atoms with van der Waals surface area (Å²) in [4.78, 5) is 25.9. The molecule has 0 saturated heterocycles. The minimum atomic E-state index is -3.54. The van der Waals surface area contributed by atoms with Crippen LogP contribution in [0.2, 0.25) is 0 Å². The van der Waals surface area contributed by atoms with Crippen LogP contribution in [0.25, 0.3) is 0 Å². The quantitative estimate of drug-likeness (QED) is 0.766. The molecule has 3 N–H and O–H groups in total. The van der Waals surface area contributed by atoms with Crippen molar-refractivity contribution in [2.24, 2.45) is 0 Å². The molecule has 0 unspecified atom stereocenters. The van der Waals surface area contributed by atoms with Gasteiger partial charge in [0.05, 0.1) is 4.90 Å². The van der Waals surface area contributed by atoms with Crippen LogP contribution in [0, 0.1) is 0 Å². The number of aromatic nitrogens is 1. The average molecular weight is 307 g/mol. The summed E-state index contributed by atoms with van der Waals surface area (Å²) in [6.07, 6.45) is 1.45. The van der Waals surface area contributed by atoms with E-state index in [4.69, 9.17) is 0 Å². The smallest absolute Gasteiger partial charge is 0.271 e. The van der Waals surface area contributed by atoms with Crippen LogP contribution >= 0.6 is 0 Å². The van der Waals surface area contributed by atoms with Crippen molar-refractivity contribution in [1.82, 2.24) is 9.71 Å². The summed E-state index contributed by atoms with van der Waals surface area (Å²) in [6.45, 7) is 0. The van der Waals surface area contributed by atoms with Crippen molar-refractivity contribution in [2.45, 2.75) is 4.90 Å². The number of H-pyrrole nitrogens is 1. The Morgan fingerprint density at radius 1 is 1.14 bits per heavy atom. The molecule has 110 valence electrons. The highest BCUT2D eigenvalue weighted by molar-refractivity contribution is 7.89. The molecule has 1 aromatic heterocycles. The fourth-order valence-corrected chi connectivity index (χ4v) is 2.35. The van der Waals surface area contributed by atoms with Gasteiger partial charge in [0, 0.05) is 11.8 Å². The molecule has 0 fully saturated rings. The Kier molecular flexibility index (Phi) is 4.20. The number of sulfonamides is 1. The van der Waals surface area contributed by atoms with Crippen LogP contribution in [0.1, 0.15) is 10.4 Å². The van der Waals surface area contributed by atoms with E-state index in [0.29, 0.717) is 0 Å². The minimum Gasteiger partial charge on any atom is -0.327 e. The largest absolute Gasteiger partial charge is 0.327 e. The molecule has 21 heavy (non-hydrogen) atoms. The van der Waals surface area contributed by atoms with Crippen LogP contribution in [0.15, 0.2) is 52.3 Å². The van der Waals surface area contributed by atoms with E-state index in [1.165, 1.54) is 43.6 Å². The van der Waals surface area contributed by atoms with Crippen molar-refractivity contribution in [2.75, 3.05) is 12.4 Å². The molecule has 0 atom stereocenters. The first-order valence-electron chi connectivity index (χ1n) is 5.97. The van der Waals surface area contributed by atoms with E-state index in [-0.39, 0.29) is 16.1 Å². The zero-order chi connectivity index (χ0) is 15.5. The van der Waals surface area contributed by atoms with Gasteiger partial charge in [0.25, 0.3) is 11.5 Å². The summed E-state index contributed by atoms with van der Waals surface area (Å²) < 4.78 is 25.3. The number of rotatable bonds is 4. The fraction of sp³-hybridized carbons (Fsp3) is 0.0769. The Morgan fingerprint density at radius 2 is 1.81 bits per heavy atom. The fourth-order valence-electron chi connectivity index (χ4n) is 1.62. The minimum absolute atomic E-state index is 0.0547. The summed E-state index contributed by atoms with van der Waals surface area (Å²) in [5, 5.41) is 2.45. The Labute approximate surface area is 121 Å². The lowest BCUT2D eigenvalue weighted by molar-refractivity contribution is 0.102. The highest BCUT2D eigenvalue weighted by Gasteiger charge is 2.13. The topological polar surface area (TPSA) is 108 Å². The van der Waals surface area contributed by atoms with Crippen LogP contribution in [0.5, 0.6) is 0 Å². The zero-order valence-electron chi connectivity index (χ0n) is 11.1. The third-order valence-corrected chi connectivity index (χ3v) is 4.19. The van der Waals surface area contributed by atoms with Crippen LogP contribution in [-0.2, 0) is 10.0 Å². The highest BCUT2D eigenvalue weighted by atomic mass is 32.2. The normalized spacial score (nSPS) is 11.1. The van der Waals surface area contributed by atoms with Gasteiger partial charge >= 0.3 is 0 Å². The monoisotopic (exact) mass is 307 g/mol. The standard InChI is InChI=1S/C13H13N3O4S/c1-14-21(19,20)10-6-4-9(5-7-10)12(17)16-11-3-2-8-15-13(11)18/h2-8,14H,1H3,(H,15,18)(H,16,17). The Hall–Kier alpha value is -2.45. The third kappa shape index (κ3) is 3.36. The number of hydrogen-bond donors (Lipinski definition) is 3. The Morgan fingerprint density at radius 3 is 2.38 bits per heavy atom. The molecular weight excluding hydrogens is 294 g/mol. The molecule has 2 aromatic rings. The molecule has 0 radical (unpaired) electrons. The second-order valence-electron chi connectivity index (χ2n) is 4.10. The van der Waals surface area contributed by atoms with Crippen molar-refractivity contribution in [3.05, 3.63) is 58.5 Å². The molecule has 1 amide bonds. The number of aromatic amines is 1. The molecule has 0 bridgehead atoms. The molecule has 1 heterocycles. The maximum Gasteiger partial charge on any atom is 0.271 e. The Balaban J connectivity index is 2.22. The summed E-state index contributed by atoms with van der Waals surface area (Å²) in [6, 6.07) is 8.43. The zero-order valence-corrected chi connectivity index (χ0v) is 11.9. The van der Waals surface area contributed by atoms with E-state index in [2.05, 4.69) is 15.0 Å². The van der Waals surface area contributed by atoms with E-state index in [9.17, 15) is 18.0 Å². The Bertz CT molecular complexity index is 810. The summed E-state index contributed by atoms with van der Waals surface area (Å²) >= 11 is 0. The van der Waals surface area contributed by atoms with Gasteiger partial charge in [-0.1, -0.05) is 0 Å². The lowest BCUT2D eigenvalue weighted by Crippen LogP contribution is -2.20. The lowest BCUT2D eigenvalue weighted by atomic mass is 10.2. The van der Waals surface area contributed by atoms with E-state index in [1.54, 1.807) is 6.07 Å². The van der Waals surface area contributed by atoms with Gasteiger partial charge in [-0.3, -0.25) is 9.59 Å². The maximum atomic E-state index is 12.0. The molecule has 0 aliphatic rings. The van der Waals surface area contributed by atoms with Crippen LogP contribution in [0.4, 0.5) is 5.69 Å². The molecule has 0 aliphatic carbocycles. The summed E-state index contributed by atoms with van der Waals surface area (Å²) in [5.74, 6) is -0.500. The second kappa shape index (κ2) is 5.90. The van der Waals surface area contributed by atoms with E-state index < -0.39 is 21.5 Å². The number of carbonyl (C=O) groups excluding carboxylic acids is 1. The third-order valence-electron chi connectivity index (χ3n) is 2.76. The van der Waals surface area contributed by atoms with Gasteiger partial charge in [0.1, 0.15) is 5.69 Å². The SMILES string of the molecule is CNS(=O)(=O)c1ccc(C(=O)Nc2ccc[nH]c2=O)cc1. The number of hydrogen-bond acceptors (Lipinski definition) is 4. The predicted molar refractivity (Wildman–Crippen MR) is 77.7 cm³/mol. The summed E-state index contributed by atoms with van der Waals surface area (Å²) in [5.41, 5.74) is -0.0528. The molecule has 2 rings (SSSR count). The molecular formula is C13H13N3O4S. The molecule has 8 heteroatoms. The first-order chi connectivity index (χ1) is 9.94.